The van der Waals surface area contributed by atoms with Gasteiger partial charge >= 0.3 is 6.18 Å². The lowest BCUT2D eigenvalue weighted by molar-refractivity contribution is -0.0690. The molecule has 0 spiro atoms. The van der Waals surface area contributed by atoms with E-state index in [-0.39, 0.29) is 5.56 Å². The maximum Gasteiger partial charge on any atom is 0.418 e. The van der Waals surface area contributed by atoms with Gasteiger partial charge in [0.1, 0.15) is 0 Å². The molecule has 4 heteroatoms. The van der Waals surface area contributed by atoms with Crippen LogP contribution >= 0.6 is 0 Å². The second-order valence-corrected chi connectivity index (χ2v) is 5.45. The molecule has 0 radical (unpaired) electrons. The second-order valence-electron chi connectivity index (χ2n) is 5.45. The first kappa shape index (κ1) is 16.8. The van der Waals surface area contributed by atoms with Crippen molar-refractivity contribution in [3.8, 4) is 0 Å². The van der Waals surface area contributed by atoms with Crippen molar-refractivity contribution >= 4 is 16.9 Å². The van der Waals surface area contributed by atoms with Gasteiger partial charge in [-0.1, -0.05) is 66.7 Å². The second kappa shape index (κ2) is 7.26. The molecule has 0 saturated heterocycles. The quantitative estimate of drug-likeness (QED) is 0.529. The maximum absolute atomic E-state index is 13.7. The van der Waals surface area contributed by atoms with E-state index in [4.69, 9.17) is 0 Å². The van der Waals surface area contributed by atoms with Crippen molar-refractivity contribution in [2.24, 2.45) is 0 Å². The van der Waals surface area contributed by atoms with E-state index in [0.717, 1.165) is 6.20 Å². The largest absolute Gasteiger partial charge is 0.418 e. The zero-order valence-electron chi connectivity index (χ0n) is 13.3. The van der Waals surface area contributed by atoms with Gasteiger partial charge in [0.05, 0.1) is 5.57 Å². The Labute approximate surface area is 144 Å². The van der Waals surface area contributed by atoms with Gasteiger partial charge in [-0.3, -0.25) is 0 Å². The highest BCUT2D eigenvalue weighted by molar-refractivity contribution is 5.77. The molecule has 0 bridgehead atoms. The molecular weight excluding hydrogens is 323 g/mol. The summed E-state index contributed by atoms with van der Waals surface area (Å²) in [6, 6.07) is 25.8. The fraction of sp³-hybridized carbons (Fsp3) is 0.0476. The number of nitrogens with zero attached hydrogens (tertiary/aromatic N) is 1. The summed E-state index contributed by atoms with van der Waals surface area (Å²) in [6.07, 6.45) is -3.32. The Morgan fingerprint density at radius 2 is 1.04 bits per heavy atom. The Kier molecular flexibility index (Phi) is 4.89. The zero-order valence-corrected chi connectivity index (χ0v) is 13.3. The summed E-state index contributed by atoms with van der Waals surface area (Å²) >= 11 is 0. The van der Waals surface area contributed by atoms with Crippen LogP contribution in [0, 0.1) is 0 Å². The van der Waals surface area contributed by atoms with Crippen molar-refractivity contribution in [2.45, 2.75) is 6.18 Å². The van der Waals surface area contributed by atoms with E-state index in [0.29, 0.717) is 11.4 Å². The highest BCUT2D eigenvalue weighted by atomic mass is 19.4. The van der Waals surface area contributed by atoms with Crippen LogP contribution in [0.1, 0.15) is 5.56 Å². The van der Waals surface area contributed by atoms with Crippen LogP contribution in [0.4, 0.5) is 24.5 Å². The van der Waals surface area contributed by atoms with Crippen LogP contribution in [-0.2, 0) is 0 Å². The minimum atomic E-state index is -4.47. The number of benzene rings is 3. The van der Waals surface area contributed by atoms with Gasteiger partial charge in [0.15, 0.2) is 0 Å². The molecule has 0 aliphatic rings. The molecule has 0 N–H and O–H groups in total. The van der Waals surface area contributed by atoms with E-state index >= 15 is 0 Å². The third-order valence-corrected chi connectivity index (χ3v) is 3.72. The molecule has 25 heavy (non-hydrogen) atoms. The molecule has 0 amide bonds. The smallest absolute Gasteiger partial charge is 0.317 e. The van der Waals surface area contributed by atoms with Gasteiger partial charge in [-0.25, -0.2) is 0 Å². The van der Waals surface area contributed by atoms with E-state index in [1.54, 1.807) is 71.6 Å². The average molecular weight is 339 g/mol. The summed E-state index contributed by atoms with van der Waals surface area (Å²) in [7, 11) is 0. The van der Waals surface area contributed by atoms with Crippen molar-refractivity contribution in [1.29, 1.82) is 0 Å². The summed E-state index contributed by atoms with van der Waals surface area (Å²) in [4.78, 5) is 1.55. The van der Waals surface area contributed by atoms with Crippen molar-refractivity contribution in [3.63, 3.8) is 0 Å². The average Bonchev–Trinajstić information content (AvgIpc) is 2.63. The van der Waals surface area contributed by atoms with E-state index in [1.165, 1.54) is 12.1 Å². The third-order valence-electron chi connectivity index (χ3n) is 3.72. The first-order valence-electron chi connectivity index (χ1n) is 7.79. The van der Waals surface area contributed by atoms with Crippen LogP contribution in [0.5, 0.6) is 0 Å². The SMILES string of the molecule is FC(F)(F)/C(=C\N(c1ccccc1)c1ccccc1)c1ccccc1. The molecule has 126 valence electrons. The first-order valence-corrected chi connectivity index (χ1v) is 7.79. The van der Waals surface area contributed by atoms with Gasteiger partial charge in [-0.05, 0) is 29.8 Å². The molecule has 0 aliphatic carbocycles. The molecule has 0 saturated carbocycles. The van der Waals surface area contributed by atoms with Crippen LogP contribution < -0.4 is 4.90 Å². The number of para-hydroxylation sites is 2. The van der Waals surface area contributed by atoms with E-state index in [2.05, 4.69) is 0 Å². The fourth-order valence-electron chi connectivity index (χ4n) is 2.53. The molecule has 1 nitrogen and oxygen atoms in total. The molecule has 0 aliphatic heterocycles. The molecule has 0 unspecified atom stereocenters. The van der Waals surface area contributed by atoms with Gasteiger partial charge in [0.25, 0.3) is 0 Å². The highest BCUT2D eigenvalue weighted by Gasteiger charge is 2.35. The van der Waals surface area contributed by atoms with Crippen LogP contribution in [-0.4, -0.2) is 6.18 Å². The Balaban J connectivity index is 2.16. The van der Waals surface area contributed by atoms with Crippen molar-refractivity contribution in [2.75, 3.05) is 4.90 Å². The van der Waals surface area contributed by atoms with E-state index < -0.39 is 11.7 Å². The van der Waals surface area contributed by atoms with Gasteiger partial charge in [0.2, 0.25) is 0 Å². The minimum absolute atomic E-state index is 0.131. The Hall–Kier alpha value is -3.01. The van der Waals surface area contributed by atoms with Crippen molar-refractivity contribution in [3.05, 3.63) is 103 Å². The highest BCUT2D eigenvalue weighted by Crippen LogP contribution is 2.36. The molecule has 0 atom stereocenters. The van der Waals surface area contributed by atoms with Crippen LogP contribution in [0.15, 0.2) is 97.2 Å². The predicted molar refractivity (Wildman–Crippen MR) is 95.5 cm³/mol. The summed E-state index contributed by atoms with van der Waals surface area (Å²) in [5.74, 6) is 0. The number of rotatable bonds is 4. The van der Waals surface area contributed by atoms with E-state index in [1.807, 2.05) is 12.1 Å². The first-order chi connectivity index (χ1) is 12.1. The van der Waals surface area contributed by atoms with Crippen LogP contribution in [0.25, 0.3) is 5.57 Å². The fourth-order valence-corrected chi connectivity index (χ4v) is 2.53. The normalized spacial score (nSPS) is 12.0. The van der Waals surface area contributed by atoms with E-state index in [9.17, 15) is 13.2 Å². The lowest BCUT2D eigenvalue weighted by atomic mass is 10.1. The lowest BCUT2D eigenvalue weighted by Gasteiger charge is -2.23. The monoisotopic (exact) mass is 339 g/mol. The molecule has 3 aromatic carbocycles. The zero-order chi connectivity index (χ0) is 17.7. The Morgan fingerprint density at radius 1 is 0.640 bits per heavy atom. The summed E-state index contributed by atoms with van der Waals surface area (Å²) in [5, 5.41) is 0. The molecule has 0 aromatic heterocycles. The summed E-state index contributed by atoms with van der Waals surface area (Å²) in [5.41, 5.74) is 0.755. The van der Waals surface area contributed by atoms with Crippen molar-refractivity contribution < 1.29 is 13.2 Å². The van der Waals surface area contributed by atoms with Crippen LogP contribution in [0.2, 0.25) is 0 Å². The molecule has 0 fully saturated rings. The number of hydrogen-bond acceptors (Lipinski definition) is 1. The Morgan fingerprint density at radius 3 is 1.44 bits per heavy atom. The number of halogens is 3. The lowest BCUT2D eigenvalue weighted by Crippen LogP contribution is -2.17. The van der Waals surface area contributed by atoms with Gasteiger partial charge < -0.3 is 4.90 Å². The molecular formula is C21H16F3N. The number of anilines is 2. The van der Waals surface area contributed by atoms with Gasteiger partial charge in [0, 0.05) is 17.6 Å². The van der Waals surface area contributed by atoms with Gasteiger partial charge in [-0.15, -0.1) is 0 Å². The number of hydrogen-bond donors (Lipinski definition) is 0. The summed E-state index contributed by atoms with van der Waals surface area (Å²) in [6.45, 7) is 0. The molecule has 3 rings (SSSR count). The van der Waals surface area contributed by atoms with Crippen molar-refractivity contribution in [1.82, 2.24) is 0 Å². The maximum atomic E-state index is 13.7. The van der Waals surface area contributed by atoms with Gasteiger partial charge in [-0.2, -0.15) is 13.2 Å². The summed E-state index contributed by atoms with van der Waals surface area (Å²) < 4.78 is 41.1. The standard InChI is InChI=1S/C21H16F3N/c22-21(23,24)20(17-10-4-1-5-11-17)16-25(18-12-6-2-7-13-18)19-14-8-3-9-15-19/h1-16H/b20-16-. The molecule has 3 aromatic rings. The number of alkyl halides is 3. The predicted octanol–water partition coefficient (Wildman–Crippen LogP) is 6.43. The third kappa shape index (κ3) is 4.10. The topological polar surface area (TPSA) is 3.24 Å². The Bertz CT molecular complexity index is 786. The minimum Gasteiger partial charge on any atom is -0.317 e. The number of allylic oxidation sites excluding steroid dienone is 1. The van der Waals surface area contributed by atoms with Crippen LogP contribution in [0.3, 0.4) is 0 Å². The molecule has 0 heterocycles.